The van der Waals surface area contributed by atoms with E-state index in [0.29, 0.717) is 12.5 Å². The van der Waals surface area contributed by atoms with Gasteiger partial charge < -0.3 is 20.9 Å². The van der Waals surface area contributed by atoms with Crippen molar-refractivity contribution in [3.63, 3.8) is 0 Å². The van der Waals surface area contributed by atoms with Crippen LogP contribution >= 0.6 is 0 Å². The van der Waals surface area contributed by atoms with Gasteiger partial charge in [0.05, 0.1) is 0 Å². The van der Waals surface area contributed by atoms with Crippen LogP contribution in [-0.4, -0.2) is 57.8 Å². The first kappa shape index (κ1) is 12.3. The van der Waals surface area contributed by atoms with Crippen molar-refractivity contribution in [2.45, 2.75) is 6.42 Å². The number of hydrogen-bond acceptors (Lipinski definition) is 3. The third-order valence-corrected chi connectivity index (χ3v) is 2.56. The zero-order valence-corrected chi connectivity index (χ0v) is 9.68. The zero-order valence-electron chi connectivity index (χ0n) is 9.68. The van der Waals surface area contributed by atoms with Crippen LogP contribution in [-0.2, 0) is 0 Å². The molecule has 0 aromatic rings. The van der Waals surface area contributed by atoms with Crippen molar-refractivity contribution < 1.29 is 4.79 Å². The minimum absolute atomic E-state index is 0.0521. The lowest BCUT2D eigenvalue weighted by Crippen LogP contribution is -2.41. The summed E-state index contributed by atoms with van der Waals surface area (Å²) in [5.41, 5.74) is 0. The molecule has 0 bridgehead atoms. The number of hydrogen-bond donors (Lipinski definition) is 3. The van der Waals surface area contributed by atoms with E-state index in [4.69, 9.17) is 0 Å². The Balaban J connectivity index is 1.98. The summed E-state index contributed by atoms with van der Waals surface area (Å²) >= 11 is 0. The van der Waals surface area contributed by atoms with E-state index in [1.54, 1.807) is 0 Å². The summed E-state index contributed by atoms with van der Waals surface area (Å²) in [6.07, 6.45) is 1.16. The SMILES string of the molecule is CN(C)CCNC(=O)NCC1CCNC1. The molecule has 1 fully saturated rings. The Kier molecular flexibility index (Phi) is 5.42. The van der Waals surface area contributed by atoms with Crippen molar-refractivity contribution in [1.29, 1.82) is 0 Å². The first-order valence-electron chi connectivity index (χ1n) is 5.55. The number of carbonyl (C=O) groups excluding carboxylic acids is 1. The number of nitrogens with one attached hydrogen (secondary N) is 3. The molecule has 0 spiro atoms. The second-order valence-electron chi connectivity index (χ2n) is 4.30. The summed E-state index contributed by atoms with van der Waals surface area (Å²) < 4.78 is 0. The maximum absolute atomic E-state index is 11.3. The Morgan fingerprint density at radius 1 is 1.47 bits per heavy atom. The summed E-state index contributed by atoms with van der Waals surface area (Å²) in [5, 5.41) is 8.99. The third-order valence-electron chi connectivity index (χ3n) is 2.56. The molecule has 0 radical (unpaired) electrons. The fourth-order valence-corrected chi connectivity index (χ4v) is 1.58. The lowest BCUT2D eigenvalue weighted by molar-refractivity contribution is 0.238. The standard InChI is InChI=1S/C10H22N4O/c1-14(2)6-5-12-10(15)13-8-9-3-4-11-7-9/h9,11H,3-8H2,1-2H3,(H2,12,13,15). The van der Waals surface area contributed by atoms with Crippen molar-refractivity contribution in [2.24, 2.45) is 5.92 Å². The number of amides is 2. The molecule has 1 unspecified atom stereocenters. The van der Waals surface area contributed by atoms with Crippen LogP contribution in [0.3, 0.4) is 0 Å². The van der Waals surface area contributed by atoms with Crippen LogP contribution in [0.4, 0.5) is 4.79 Å². The van der Waals surface area contributed by atoms with E-state index in [2.05, 4.69) is 16.0 Å². The zero-order chi connectivity index (χ0) is 11.1. The van der Waals surface area contributed by atoms with E-state index >= 15 is 0 Å². The second kappa shape index (κ2) is 6.63. The maximum atomic E-state index is 11.3. The molecule has 88 valence electrons. The van der Waals surface area contributed by atoms with Gasteiger partial charge in [0.2, 0.25) is 0 Å². The van der Waals surface area contributed by atoms with Gasteiger partial charge in [0.15, 0.2) is 0 Å². The van der Waals surface area contributed by atoms with Gasteiger partial charge >= 0.3 is 6.03 Å². The Morgan fingerprint density at radius 2 is 2.27 bits per heavy atom. The molecule has 0 saturated carbocycles. The van der Waals surface area contributed by atoms with Crippen LogP contribution in [0.25, 0.3) is 0 Å². The Labute approximate surface area is 91.6 Å². The molecule has 5 nitrogen and oxygen atoms in total. The van der Waals surface area contributed by atoms with E-state index in [9.17, 15) is 4.79 Å². The lowest BCUT2D eigenvalue weighted by Gasteiger charge is -2.13. The Bertz CT molecular complexity index is 190. The van der Waals surface area contributed by atoms with Gasteiger partial charge in [-0.1, -0.05) is 0 Å². The van der Waals surface area contributed by atoms with E-state index < -0.39 is 0 Å². The quantitative estimate of drug-likeness (QED) is 0.576. The molecule has 1 saturated heterocycles. The molecule has 1 atom stereocenters. The molecular weight excluding hydrogens is 192 g/mol. The van der Waals surface area contributed by atoms with Gasteiger partial charge in [-0.25, -0.2) is 4.79 Å². The molecule has 5 heteroatoms. The fraction of sp³-hybridized carbons (Fsp3) is 0.900. The van der Waals surface area contributed by atoms with Crippen LogP contribution in [0.2, 0.25) is 0 Å². The Morgan fingerprint density at radius 3 is 2.87 bits per heavy atom. The molecular formula is C10H22N4O. The second-order valence-corrected chi connectivity index (χ2v) is 4.30. The van der Waals surface area contributed by atoms with Crippen molar-refractivity contribution in [2.75, 3.05) is 46.8 Å². The van der Waals surface area contributed by atoms with Gasteiger partial charge in [-0.15, -0.1) is 0 Å². The Hall–Kier alpha value is -0.810. The third kappa shape index (κ3) is 5.59. The predicted molar refractivity (Wildman–Crippen MR) is 60.9 cm³/mol. The van der Waals surface area contributed by atoms with E-state index in [1.165, 1.54) is 0 Å². The molecule has 1 heterocycles. The van der Waals surface area contributed by atoms with Crippen LogP contribution in [0.5, 0.6) is 0 Å². The summed E-state index contributed by atoms with van der Waals surface area (Å²) in [4.78, 5) is 13.4. The number of likely N-dealkylation sites (N-methyl/N-ethyl adjacent to an activating group) is 1. The highest BCUT2D eigenvalue weighted by molar-refractivity contribution is 5.73. The van der Waals surface area contributed by atoms with Gasteiger partial charge in [-0.3, -0.25) is 0 Å². The predicted octanol–water partition coefficient (Wildman–Crippen LogP) is -0.543. The highest BCUT2D eigenvalue weighted by Crippen LogP contribution is 2.04. The molecule has 0 aliphatic carbocycles. The summed E-state index contributed by atoms with van der Waals surface area (Å²) in [6.45, 7) is 4.45. The van der Waals surface area contributed by atoms with Gasteiger partial charge in [0.25, 0.3) is 0 Å². The minimum atomic E-state index is -0.0521. The highest BCUT2D eigenvalue weighted by atomic mass is 16.2. The first-order valence-corrected chi connectivity index (χ1v) is 5.55. The molecule has 1 aliphatic rings. The van der Waals surface area contributed by atoms with Crippen LogP contribution < -0.4 is 16.0 Å². The first-order chi connectivity index (χ1) is 7.18. The summed E-state index contributed by atoms with van der Waals surface area (Å²) in [7, 11) is 3.98. The molecule has 1 aliphatic heterocycles. The van der Waals surface area contributed by atoms with Crippen molar-refractivity contribution in [1.82, 2.24) is 20.9 Å². The van der Waals surface area contributed by atoms with Crippen molar-refractivity contribution in [3.8, 4) is 0 Å². The number of rotatable bonds is 5. The van der Waals surface area contributed by atoms with Crippen LogP contribution in [0.1, 0.15) is 6.42 Å². The van der Waals surface area contributed by atoms with E-state index in [0.717, 1.165) is 32.6 Å². The largest absolute Gasteiger partial charge is 0.338 e. The average Bonchev–Trinajstić information content (AvgIpc) is 2.66. The molecule has 0 aromatic carbocycles. The molecule has 3 N–H and O–H groups in total. The van der Waals surface area contributed by atoms with Crippen molar-refractivity contribution >= 4 is 6.03 Å². The fourth-order valence-electron chi connectivity index (χ4n) is 1.58. The normalized spacial score (nSPS) is 20.6. The molecule has 0 aromatic heterocycles. The average molecular weight is 214 g/mol. The van der Waals surface area contributed by atoms with E-state index in [-0.39, 0.29) is 6.03 Å². The summed E-state index contributed by atoms with van der Waals surface area (Å²) in [5.74, 6) is 0.601. The molecule has 15 heavy (non-hydrogen) atoms. The highest BCUT2D eigenvalue weighted by Gasteiger charge is 2.14. The molecule has 2 amide bonds. The smallest absolute Gasteiger partial charge is 0.314 e. The number of urea groups is 1. The minimum Gasteiger partial charge on any atom is -0.338 e. The number of nitrogens with zero attached hydrogens (tertiary/aromatic N) is 1. The van der Waals surface area contributed by atoms with Gasteiger partial charge in [-0.2, -0.15) is 0 Å². The maximum Gasteiger partial charge on any atom is 0.314 e. The van der Waals surface area contributed by atoms with Gasteiger partial charge in [-0.05, 0) is 39.5 Å². The summed E-state index contributed by atoms with van der Waals surface area (Å²) in [6, 6.07) is -0.0521. The monoisotopic (exact) mass is 214 g/mol. The lowest BCUT2D eigenvalue weighted by atomic mass is 10.1. The van der Waals surface area contributed by atoms with Gasteiger partial charge in [0, 0.05) is 19.6 Å². The van der Waals surface area contributed by atoms with Crippen LogP contribution in [0.15, 0.2) is 0 Å². The topological polar surface area (TPSA) is 56.4 Å². The van der Waals surface area contributed by atoms with Crippen molar-refractivity contribution in [3.05, 3.63) is 0 Å². The number of carbonyl (C=O) groups is 1. The van der Waals surface area contributed by atoms with E-state index in [1.807, 2.05) is 19.0 Å². The van der Waals surface area contributed by atoms with Gasteiger partial charge in [0.1, 0.15) is 0 Å². The molecule has 1 rings (SSSR count). The van der Waals surface area contributed by atoms with Crippen LogP contribution in [0, 0.1) is 5.92 Å².